The first-order valence-electron chi connectivity index (χ1n) is 7.96. The summed E-state index contributed by atoms with van der Waals surface area (Å²) < 4.78 is 30.2. The summed E-state index contributed by atoms with van der Waals surface area (Å²) in [5, 5.41) is 7.35. The lowest BCUT2D eigenvalue weighted by molar-refractivity contribution is -0.114. The van der Waals surface area contributed by atoms with Gasteiger partial charge in [0.1, 0.15) is 0 Å². The molecule has 3 rings (SSSR count). The van der Waals surface area contributed by atoms with Crippen LogP contribution in [0.1, 0.15) is 12.5 Å². The summed E-state index contributed by atoms with van der Waals surface area (Å²) in [4.78, 5) is 11.0. The van der Waals surface area contributed by atoms with Crippen molar-refractivity contribution in [1.29, 1.82) is 0 Å². The quantitative estimate of drug-likeness (QED) is 0.674. The third-order valence-corrected chi connectivity index (χ3v) is 5.27. The number of anilines is 1. The van der Waals surface area contributed by atoms with Gasteiger partial charge >= 0.3 is 0 Å². The Bertz CT molecular complexity index is 1060. The molecule has 0 fully saturated rings. The monoisotopic (exact) mass is 403 g/mol. The highest BCUT2D eigenvalue weighted by molar-refractivity contribution is 7.94. The number of amides is 1. The topological polar surface area (TPSA) is 95.2 Å². The van der Waals surface area contributed by atoms with Gasteiger partial charge in [-0.2, -0.15) is 0 Å². The van der Waals surface area contributed by atoms with Crippen LogP contribution in [0.5, 0.6) is 0 Å². The van der Waals surface area contributed by atoms with Gasteiger partial charge in [0.25, 0.3) is 0 Å². The summed E-state index contributed by atoms with van der Waals surface area (Å²) >= 11 is 6.13. The lowest BCUT2D eigenvalue weighted by Crippen LogP contribution is -2.06. The summed E-state index contributed by atoms with van der Waals surface area (Å²) in [5.41, 5.74) is 1.37. The molecule has 0 bridgehead atoms. The van der Waals surface area contributed by atoms with Gasteiger partial charge < -0.3 is 19.8 Å². The number of nitrogens with zero attached hydrogens (tertiary/aromatic N) is 3. The number of aromatic nitrogens is 2. The molecule has 0 saturated carbocycles. The smallest absolute Gasteiger partial charge is 0.221 e. The number of carbonyl (C=O) groups is 1. The molecule has 0 spiro atoms. The SMILES string of the molecule is CC(=O)Nc1ccc(S(=O)(=O)[N-]c2ccn(Cc3ccccc3Cl)n2)cc1. The van der Waals surface area contributed by atoms with Gasteiger partial charge in [-0.3, -0.25) is 4.79 Å². The van der Waals surface area contributed by atoms with Crippen molar-refractivity contribution in [2.75, 3.05) is 5.32 Å². The van der Waals surface area contributed by atoms with Gasteiger partial charge in [-0.1, -0.05) is 29.8 Å². The second kappa shape index (κ2) is 7.81. The minimum absolute atomic E-state index is 0.0113. The van der Waals surface area contributed by atoms with Crippen LogP contribution in [0.2, 0.25) is 5.02 Å². The predicted octanol–water partition coefficient (Wildman–Crippen LogP) is 3.94. The number of benzene rings is 2. The van der Waals surface area contributed by atoms with E-state index in [0.29, 0.717) is 17.3 Å². The summed E-state index contributed by atoms with van der Waals surface area (Å²) in [5.74, 6) is -0.160. The molecule has 0 atom stereocenters. The van der Waals surface area contributed by atoms with E-state index < -0.39 is 10.0 Å². The van der Waals surface area contributed by atoms with Crippen LogP contribution in [0.3, 0.4) is 0 Å². The van der Waals surface area contributed by atoms with Crippen molar-refractivity contribution in [2.24, 2.45) is 0 Å². The normalized spacial score (nSPS) is 11.2. The molecule has 1 N–H and O–H groups in total. The van der Waals surface area contributed by atoms with Crippen molar-refractivity contribution in [1.82, 2.24) is 9.78 Å². The van der Waals surface area contributed by atoms with Gasteiger partial charge in [-0.05, 0) is 47.8 Å². The van der Waals surface area contributed by atoms with Crippen molar-refractivity contribution >= 4 is 39.0 Å². The van der Waals surface area contributed by atoms with Crippen molar-refractivity contribution < 1.29 is 13.2 Å². The standard InChI is InChI=1S/C18H17ClN4O3S/c1-13(24)20-15-6-8-16(9-7-15)27(25,26)22-18-10-11-23(21-18)12-14-4-2-3-5-17(14)19/h2-11H,12H2,1H3,(H2,20,21,22,24)/p-1. The van der Waals surface area contributed by atoms with Gasteiger partial charge in [0, 0.05) is 30.4 Å². The zero-order valence-electron chi connectivity index (χ0n) is 14.3. The fourth-order valence-electron chi connectivity index (χ4n) is 2.38. The number of hydrogen-bond acceptors (Lipinski definition) is 4. The summed E-state index contributed by atoms with van der Waals surface area (Å²) in [7, 11) is -3.92. The van der Waals surface area contributed by atoms with Gasteiger partial charge in [0.15, 0.2) is 0 Å². The van der Waals surface area contributed by atoms with Gasteiger partial charge in [-0.25, -0.2) is 8.42 Å². The highest BCUT2D eigenvalue weighted by atomic mass is 35.5. The third-order valence-electron chi connectivity index (χ3n) is 3.60. The van der Waals surface area contributed by atoms with E-state index in [4.69, 9.17) is 11.6 Å². The largest absolute Gasteiger partial charge is 0.374 e. The molecule has 1 amide bonds. The maximum Gasteiger partial charge on any atom is 0.221 e. The molecular weight excluding hydrogens is 388 g/mol. The van der Waals surface area contributed by atoms with Crippen molar-refractivity contribution in [3.8, 4) is 0 Å². The van der Waals surface area contributed by atoms with Gasteiger partial charge in [0.05, 0.1) is 4.90 Å². The highest BCUT2D eigenvalue weighted by Crippen LogP contribution is 2.27. The molecule has 3 aromatic rings. The van der Waals surface area contributed by atoms with Crippen LogP contribution in [0.4, 0.5) is 11.5 Å². The maximum absolute atomic E-state index is 12.4. The van der Waals surface area contributed by atoms with Crippen molar-refractivity contribution in [3.05, 3.63) is 76.1 Å². The Morgan fingerprint density at radius 2 is 1.85 bits per heavy atom. The Labute approximate surface area is 162 Å². The minimum atomic E-state index is -3.92. The number of carbonyl (C=O) groups excluding carboxylic acids is 1. The summed E-state index contributed by atoms with van der Waals surface area (Å²) in [6.07, 6.45) is 1.64. The van der Waals surface area contributed by atoms with E-state index in [0.717, 1.165) is 5.56 Å². The lowest BCUT2D eigenvalue weighted by atomic mass is 10.2. The third kappa shape index (κ3) is 4.87. The van der Waals surface area contributed by atoms with Crippen LogP contribution in [0.15, 0.2) is 65.7 Å². The van der Waals surface area contributed by atoms with Crippen LogP contribution < -0.4 is 5.32 Å². The molecule has 0 saturated heterocycles. The number of hydrogen-bond donors (Lipinski definition) is 1. The molecule has 140 valence electrons. The summed E-state index contributed by atoms with van der Waals surface area (Å²) in [6.45, 7) is 1.78. The molecular formula is C18H16ClN4O3S-. The Hall–Kier alpha value is -2.84. The van der Waals surface area contributed by atoms with Crippen LogP contribution in [-0.2, 0) is 21.4 Å². The highest BCUT2D eigenvalue weighted by Gasteiger charge is 2.10. The molecule has 27 heavy (non-hydrogen) atoms. The van der Waals surface area contributed by atoms with E-state index in [1.807, 2.05) is 18.2 Å². The first kappa shape index (κ1) is 18.9. The molecule has 1 aromatic heterocycles. The Morgan fingerprint density at radius 1 is 1.15 bits per heavy atom. The van der Waals surface area contributed by atoms with Crippen LogP contribution >= 0.6 is 11.6 Å². The zero-order valence-corrected chi connectivity index (χ0v) is 15.9. The van der Waals surface area contributed by atoms with Gasteiger partial charge in [0.2, 0.25) is 15.9 Å². The van der Waals surface area contributed by atoms with Gasteiger partial charge in [-0.15, -0.1) is 0 Å². The lowest BCUT2D eigenvalue weighted by Gasteiger charge is -2.14. The average Bonchev–Trinajstić information content (AvgIpc) is 3.03. The molecule has 7 nitrogen and oxygen atoms in total. The van der Waals surface area contributed by atoms with Crippen molar-refractivity contribution in [3.63, 3.8) is 0 Å². The second-order valence-electron chi connectivity index (χ2n) is 5.73. The van der Waals surface area contributed by atoms with E-state index in [1.165, 1.54) is 37.3 Å². The number of sulfonamides is 1. The fraction of sp³-hybridized carbons (Fsp3) is 0.111. The van der Waals surface area contributed by atoms with E-state index >= 15 is 0 Å². The zero-order chi connectivity index (χ0) is 19.4. The minimum Gasteiger partial charge on any atom is -0.374 e. The molecule has 2 aromatic carbocycles. The molecule has 0 aliphatic rings. The molecule has 1 heterocycles. The maximum atomic E-state index is 12.4. The molecule has 9 heteroatoms. The molecule has 0 aliphatic carbocycles. The number of halogens is 1. The molecule has 0 unspecified atom stereocenters. The fourth-order valence-corrected chi connectivity index (χ4v) is 3.50. The predicted molar refractivity (Wildman–Crippen MR) is 104 cm³/mol. The molecule has 0 radical (unpaired) electrons. The van der Waals surface area contributed by atoms with Crippen molar-refractivity contribution in [2.45, 2.75) is 18.4 Å². The first-order valence-corrected chi connectivity index (χ1v) is 9.78. The number of nitrogens with one attached hydrogen (secondary N) is 1. The Kier molecular flexibility index (Phi) is 5.48. The average molecular weight is 404 g/mol. The molecule has 0 aliphatic heterocycles. The van der Waals surface area contributed by atoms with E-state index in [2.05, 4.69) is 15.1 Å². The first-order chi connectivity index (χ1) is 12.8. The van der Waals surface area contributed by atoms with E-state index in [-0.39, 0.29) is 16.6 Å². The summed E-state index contributed by atoms with van der Waals surface area (Å²) in [6, 6.07) is 14.6. The van der Waals surface area contributed by atoms with Crippen LogP contribution in [0, 0.1) is 0 Å². The second-order valence-corrected chi connectivity index (χ2v) is 7.75. The number of rotatable bonds is 6. The van der Waals surface area contributed by atoms with E-state index in [1.54, 1.807) is 16.9 Å². The Balaban J connectivity index is 1.72. The Morgan fingerprint density at radius 3 is 2.52 bits per heavy atom. The van der Waals surface area contributed by atoms with E-state index in [9.17, 15) is 13.2 Å². The van der Waals surface area contributed by atoms with Crippen LogP contribution in [0.25, 0.3) is 4.72 Å². The van der Waals surface area contributed by atoms with Crippen LogP contribution in [-0.4, -0.2) is 24.1 Å².